The molecule has 1 N–H and O–H groups in total. The summed E-state index contributed by atoms with van der Waals surface area (Å²) >= 11 is 0. The molecule has 0 unspecified atom stereocenters. The average Bonchev–Trinajstić information content (AvgIpc) is 3.76. The Morgan fingerprint density at radius 3 is 2.42 bits per heavy atom. The van der Waals surface area contributed by atoms with Gasteiger partial charge in [0.05, 0.1) is 5.56 Å². The molecule has 2 amide bonds. The van der Waals surface area contributed by atoms with Crippen molar-refractivity contribution < 1.29 is 19.1 Å². The van der Waals surface area contributed by atoms with Gasteiger partial charge in [0.2, 0.25) is 5.91 Å². The predicted octanol–water partition coefficient (Wildman–Crippen LogP) is 4.34. The lowest BCUT2D eigenvalue weighted by Crippen LogP contribution is -2.55. The Hall–Kier alpha value is -3.74. The highest BCUT2D eigenvalue weighted by Crippen LogP contribution is 2.46. The minimum absolute atomic E-state index is 0.0364. The number of aliphatic imine (C=N–C) groups is 1. The molecule has 3 aromatic carbocycles. The lowest BCUT2D eigenvalue weighted by molar-refractivity contribution is -0.139. The molecule has 0 aromatic heterocycles. The Morgan fingerprint density at radius 2 is 1.69 bits per heavy atom. The van der Waals surface area contributed by atoms with Crippen LogP contribution in [-0.4, -0.2) is 57.7 Å². The fraction of sp³-hybridized carbons (Fsp3) is 0.345. The Labute approximate surface area is 208 Å². The van der Waals surface area contributed by atoms with Crippen molar-refractivity contribution in [2.24, 2.45) is 16.8 Å². The maximum absolute atomic E-state index is 15.5. The highest BCUT2D eigenvalue weighted by molar-refractivity contribution is 6.16. The largest absolute Gasteiger partial charge is 0.508 e. The number of carbonyl (C=O) groups excluding carboxylic acids is 2. The van der Waals surface area contributed by atoms with Gasteiger partial charge in [-0.3, -0.25) is 19.5 Å². The van der Waals surface area contributed by atoms with Crippen LogP contribution in [0, 0.1) is 17.7 Å². The van der Waals surface area contributed by atoms with Crippen LogP contribution < -0.4 is 0 Å². The molecule has 1 spiro atoms. The minimum Gasteiger partial charge on any atom is -0.508 e. The third-order valence-corrected chi connectivity index (χ3v) is 7.95. The molecule has 6 nitrogen and oxygen atoms in total. The molecule has 3 fully saturated rings. The van der Waals surface area contributed by atoms with Crippen molar-refractivity contribution in [3.8, 4) is 16.9 Å². The summed E-state index contributed by atoms with van der Waals surface area (Å²) in [6.07, 6.45) is 3.38. The third-order valence-electron chi connectivity index (χ3n) is 7.95. The van der Waals surface area contributed by atoms with Crippen LogP contribution in [0.3, 0.4) is 0 Å². The smallest absolute Gasteiger partial charge is 0.256 e. The van der Waals surface area contributed by atoms with E-state index in [0.717, 1.165) is 34.7 Å². The third kappa shape index (κ3) is 3.48. The number of hydrogen-bond acceptors (Lipinski definition) is 4. The number of amidine groups is 1. The zero-order valence-electron chi connectivity index (χ0n) is 19.8. The van der Waals surface area contributed by atoms with Crippen molar-refractivity contribution in [1.82, 2.24) is 9.80 Å². The van der Waals surface area contributed by atoms with E-state index in [2.05, 4.69) is 0 Å². The van der Waals surface area contributed by atoms with E-state index in [1.807, 2.05) is 35.2 Å². The lowest BCUT2D eigenvalue weighted by Gasteiger charge is -2.41. The minimum atomic E-state index is -0.711. The topological polar surface area (TPSA) is 73.2 Å². The summed E-state index contributed by atoms with van der Waals surface area (Å²) in [4.78, 5) is 33.8. The first kappa shape index (κ1) is 21.5. The van der Waals surface area contributed by atoms with E-state index in [-0.39, 0.29) is 29.4 Å². The number of benzene rings is 3. The van der Waals surface area contributed by atoms with E-state index in [0.29, 0.717) is 43.9 Å². The summed E-state index contributed by atoms with van der Waals surface area (Å²) in [6.45, 7) is 1.77. The summed E-state index contributed by atoms with van der Waals surface area (Å²) in [5.41, 5.74) is 1.23. The summed E-state index contributed by atoms with van der Waals surface area (Å²) in [6, 6.07) is 16.0. The van der Waals surface area contributed by atoms with Crippen molar-refractivity contribution in [3.63, 3.8) is 0 Å². The number of hydrogen-bond donors (Lipinski definition) is 1. The number of aromatic hydroxyl groups is 1. The van der Waals surface area contributed by atoms with Crippen LogP contribution in [0.25, 0.3) is 21.9 Å². The first-order valence-electron chi connectivity index (χ1n) is 12.6. The molecule has 4 aliphatic rings. The predicted molar refractivity (Wildman–Crippen MR) is 134 cm³/mol. The van der Waals surface area contributed by atoms with E-state index in [9.17, 15) is 14.7 Å². The van der Waals surface area contributed by atoms with Gasteiger partial charge in [-0.25, -0.2) is 4.39 Å². The number of amides is 2. The van der Waals surface area contributed by atoms with Gasteiger partial charge in [-0.15, -0.1) is 0 Å². The van der Waals surface area contributed by atoms with Crippen LogP contribution in [0.4, 0.5) is 4.39 Å². The molecule has 7 heteroatoms. The summed E-state index contributed by atoms with van der Waals surface area (Å²) in [7, 11) is 0. The van der Waals surface area contributed by atoms with Crippen molar-refractivity contribution in [2.45, 2.75) is 31.2 Å². The van der Waals surface area contributed by atoms with Crippen LogP contribution in [0.5, 0.6) is 5.75 Å². The Bertz CT molecular complexity index is 1470. The molecule has 182 valence electrons. The highest BCUT2D eigenvalue weighted by atomic mass is 19.1. The quantitative estimate of drug-likeness (QED) is 0.587. The number of carbonyl (C=O) groups is 2. The molecule has 3 aromatic rings. The van der Waals surface area contributed by atoms with Gasteiger partial charge in [0.1, 0.15) is 22.9 Å². The molecule has 0 atom stereocenters. The van der Waals surface area contributed by atoms with Crippen molar-refractivity contribution >= 4 is 28.4 Å². The second-order valence-electron chi connectivity index (χ2n) is 10.7. The van der Waals surface area contributed by atoms with E-state index < -0.39 is 11.4 Å². The summed E-state index contributed by atoms with van der Waals surface area (Å²) < 4.78 is 15.5. The maximum atomic E-state index is 15.5. The summed E-state index contributed by atoms with van der Waals surface area (Å²) in [5, 5.41) is 11.6. The monoisotopic (exact) mass is 483 g/mol. The number of fused-ring (bicyclic) bond motifs is 1. The molecular formula is C29H26FN3O3. The van der Waals surface area contributed by atoms with Crippen LogP contribution in [0.15, 0.2) is 59.6 Å². The van der Waals surface area contributed by atoms with Gasteiger partial charge in [0.15, 0.2) is 0 Å². The molecule has 7 rings (SSSR count). The molecule has 2 heterocycles. The average molecular weight is 484 g/mol. The van der Waals surface area contributed by atoms with Gasteiger partial charge < -0.3 is 10.0 Å². The van der Waals surface area contributed by atoms with E-state index in [1.54, 1.807) is 23.1 Å². The SMILES string of the molecule is O=C(C1CC1)N1CC(CN2C(=O)C3(CC3)N=C2c2ccc(-c3ccc4cc(O)ccc4c3)cc2F)C1. The molecule has 0 radical (unpaired) electrons. The number of phenols is 1. The number of halogens is 1. The number of phenolic OH excluding ortho intramolecular Hbond substituents is 1. The van der Waals surface area contributed by atoms with Gasteiger partial charge in [-0.1, -0.05) is 24.3 Å². The normalized spacial score (nSPS) is 20.7. The van der Waals surface area contributed by atoms with Crippen molar-refractivity contribution in [3.05, 3.63) is 66.0 Å². The Balaban J connectivity index is 1.14. The molecule has 2 aliphatic carbocycles. The fourth-order valence-electron chi connectivity index (χ4n) is 5.48. The second kappa shape index (κ2) is 7.63. The van der Waals surface area contributed by atoms with E-state index in [1.165, 1.54) is 6.07 Å². The van der Waals surface area contributed by atoms with Gasteiger partial charge in [0.25, 0.3) is 5.91 Å². The van der Waals surface area contributed by atoms with E-state index in [4.69, 9.17) is 4.99 Å². The molecular weight excluding hydrogens is 457 g/mol. The van der Waals surface area contributed by atoms with Crippen LogP contribution in [0.2, 0.25) is 0 Å². The van der Waals surface area contributed by atoms with E-state index >= 15 is 4.39 Å². The maximum Gasteiger partial charge on any atom is 0.256 e. The van der Waals surface area contributed by atoms with Crippen LogP contribution in [0.1, 0.15) is 31.2 Å². The van der Waals surface area contributed by atoms with Gasteiger partial charge in [-0.2, -0.15) is 0 Å². The van der Waals surface area contributed by atoms with Crippen LogP contribution in [-0.2, 0) is 9.59 Å². The first-order valence-corrected chi connectivity index (χ1v) is 12.6. The van der Waals surface area contributed by atoms with Crippen molar-refractivity contribution in [1.29, 1.82) is 0 Å². The van der Waals surface area contributed by atoms with Gasteiger partial charge in [-0.05, 0) is 77.9 Å². The zero-order valence-corrected chi connectivity index (χ0v) is 19.8. The number of nitrogens with zero attached hydrogens (tertiary/aromatic N) is 3. The van der Waals surface area contributed by atoms with Gasteiger partial charge >= 0.3 is 0 Å². The lowest BCUT2D eigenvalue weighted by atomic mass is 9.97. The molecule has 0 bridgehead atoms. The standard InChI is InChI=1S/C29H26FN3O3/c30-25-13-22(19-3-4-21-12-23(34)7-5-20(21)11-19)6-8-24(25)26-31-29(9-10-29)28(36)33(26)16-17-14-32(15-17)27(35)18-1-2-18/h3-8,11-13,17-18,34H,1-2,9-10,14-16H2. The fourth-order valence-corrected chi connectivity index (χ4v) is 5.48. The molecule has 1 saturated heterocycles. The Kier molecular flexibility index (Phi) is 4.56. The van der Waals surface area contributed by atoms with Gasteiger partial charge in [0, 0.05) is 31.5 Å². The van der Waals surface area contributed by atoms with Crippen molar-refractivity contribution in [2.75, 3.05) is 19.6 Å². The molecule has 2 aliphatic heterocycles. The first-order chi connectivity index (χ1) is 17.4. The number of rotatable bonds is 5. The zero-order chi connectivity index (χ0) is 24.6. The molecule has 2 saturated carbocycles. The second-order valence-corrected chi connectivity index (χ2v) is 10.7. The van der Waals surface area contributed by atoms with Crippen LogP contribution >= 0.6 is 0 Å². The summed E-state index contributed by atoms with van der Waals surface area (Å²) in [5.74, 6) is 0.807. The highest BCUT2D eigenvalue weighted by Gasteiger charge is 2.58. The molecule has 36 heavy (non-hydrogen) atoms. The Morgan fingerprint density at radius 1 is 1.00 bits per heavy atom. The number of likely N-dealkylation sites (tertiary alicyclic amines) is 1.